The van der Waals surface area contributed by atoms with E-state index in [9.17, 15) is 0 Å². The van der Waals surface area contributed by atoms with E-state index < -0.39 is 0 Å². The van der Waals surface area contributed by atoms with Gasteiger partial charge in [0.05, 0.1) is 21.9 Å². The molecule has 0 radical (unpaired) electrons. The van der Waals surface area contributed by atoms with Gasteiger partial charge in [-0.05, 0) is 41.0 Å². The lowest BCUT2D eigenvalue weighted by Gasteiger charge is -2.30. The van der Waals surface area contributed by atoms with Crippen LogP contribution in [0.25, 0.3) is 0 Å². The Balaban J connectivity index is 2.07. The summed E-state index contributed by atoms with van der Waals surface area (Å²) in [6.45, 7) is 10.6. The predicted molar refractivity (Wildman–Crippen MR) is 75.9 cm³/mol. The molecule has 0 spiro atoms. The molecule has 2 heterocycles. The average molecular weight is 268 g/mol. The van der Waals surface area contributed by atoms with Crippen LogP contribution < -0.4 is 5.73 Å². The van der Waals surface area contributed by atoms with Crippen LogP contribution in [0.1, 0.15) is 44.8 Å². The fourth-order valence-corrected chi connectivity index (χ4v) is 3.78. The number of hydrogen-bond acceptors (Lipinski definition) is 4. The van der Waals surface area contributed by atoms with E-state index in [1.807, 2.05) is 6.92 Å². The maximum Gasteiger partial charge on any atom is 0.0897 e. The summed E-state index contributed by atoms with van der Waals surface area (Å²) in [5.41, 5.74) is 7.31. The number of rotatable bonds is 3. The highest BCUT2D eigenvalue weighted by Gasteiger charge is 2.48. The minimum Gasteiger partial charge on any atom is -0.369 e. The molecule has 1 fully saturated rings. The van der Waals surface area contributed by atoms with Gasteiger partial charge in [-0.25, -0.2) is 4.98 Å². The molecule has 2 unspecified atom stereocenters. The van der Waals surface area contributed by atoms with Gasteiger partial charge in [0.1, 0.15) is 0 Å². The number of hydrogen-bond donors (Lipinski definition) is 1. The van der Waals surface area contributed by atoms with Crippen molar-refractivity contribution in [2.24, 2.45) is 11.7 Å². The minimum atomic E-state index is -0.145. The van der Waals surface area contributed by atoms with Crippen LogP contribution in [0.15, 0.2) is 5.38 Å². The molecular formula is C14H24N2OS. The molecule has 2 rings (SSSR count). The van der Waals surface area contributed by atoms with Gasteiger partial charge < -0.3 is 10.5 Å². The monoisotopic (exact) mass is 268 g/mol. The van der Waals surface area contributed by atoms with Crippen molar-refractivity contribution in [2.75, 3.05) is 0 Å². The van der Waals surface area contributed by atoms with Crippen LogP contribution in [0.3, 0.4) is 0 Å². The third kappa shape index (κ3) is 2.92. The summed E-state index contributed by atoms with van der Waals surface area (Å²) >= 11 is 1.69. The maximum atomic E-state index is 6.40. The number of nitrogens with zero attached hydrogens (tertiary/aromatic N) is 1. The number of aryl methyl sites for hydroxylation is 1. The molecule has 1 aromatic heterocycles. The van der Waals surface area contributed by atoms with Gasteiger partial charge in [0.15, 0.2) is 0 Å². The molecular weight excluding hydrogens is 244 g/mol. The first-order valence-corrected chi connectivity index (χ1v) is 7.44. The molecule has 0 amide bonds. The molecule has 3 nitrogen and oxygen atoms in total. The van der Waals surface area contributed by atoms with Crippen LogP contribution in [0.4, 0.5) is 0 Å². The van der Waals surface area contributed by atoms with Crippen molar-refractivity contribution in [2.45, 2.75) is 64.7 Å². The van der Waals surface area contributed by atoms with Gasteiger partial charge in [0.25, 0.3) is 0 Å². The van der Waals surface area contributed by atoms with Gasteiger partial charge >= 0.3 is 0 Å². The normalized spacial score (nSPS) is 27.3. The van der Waals surface area contributed by atoms with Gasteiger partial charge in [-0.1, -0.05) is 0 Å². The second kappa shape index (κ2) is 4.58. The van der Waals surface area contributed by atoms with Crippen molar-refractivity contribution in [3.05, 3.63) is 16.1 Å². The highest BCUT2D eigenvalue weighted by atomic mass is 32.1. The minimum absolute atomic E-state index is 0.0657. The van der Waals surface area contributed by atoms with Crippen molar-refractivity contribution in [3.8, 4) is 0 Å². The summed E-state index contributed by atoms with van der Waals surface area (Å²) in [6.07, 6.45) is 1.86. The number of nitrogens with two attached hydrogens (primary N) is 1. The molecule has 1 aliphatic heterocycles. The summed E-state index contributed by atoms with van der Waals surface area (Å²) < 4.78 is 6.11. The molecule has 0 saturated carbocycles. The molecule has 1 aromatic rings. The quantitative estimate of drug-likeness (QED) is 0.917. The van der Waals surface area contributed by atoms with Gasteiger partial charge in [0, 0.05) is 23.8 Å². The molecule has 2 atom stereocenters. The van der Waals surface area contributed by atoms with Crippen molar-refractivity contribution in [3.63, 3.8) is 0 Å². The molecule has 0 aliphatic carbocycles. The number of thiazole rings is 1. The van der Waals surface area contributed by atoms with Crippen LogP contribution in [0.2, 0.25) is 0 Å². The Bertz CT molecular complexity index is 425. The van der Waals surface area contributed by atoms with Gasteiger partial charge in [-0.2, -0.15) is 0 Å². The first kappa shape index (κ1) is 14.0. The van der Waals surface area contributed by atoms with Crippen molar-refractivity contribution in [1.82, 2.24) is 4.98 Å². The highest BCUT2D eigenvalue weighted by Crippen LogP contribution is 2.43. The Morgan fingerprint density at radius 1 is 1.50 bits per heavy atom. The Labute approximate surface area is 114 Å². The fourth-order valence-electron chi connectivity index (χ4n) is 3.16. The van der Waals surface area contributed by atoms with Crippen LogP contribution in [-0.4, -0.2) is 22.2 Å². The summed E-state index contributed by atoms with van der Waals surface area (Å²) in [4.78, 5) is 4.50. The standard InChI is InChI=1S/C14H24N2OS/c1-9-16-10(8-18-9)6-12(15)11-7-13(2,3)17-14(11,4)5/h8,11-12H,6-7,15H2,1-5H3. The average Bonchev–Trinajstić information content (AvgIpc) is 2.67. The van der Waals surface area contributed by atoms with Crippen molar-refractivity contribution < 1.29 is 4.74 Å². The van der Waals surface area contributed by atoms with Crippen LogP contribution in [0.5, 0.6) is 0 Å². The number of ether oxygens (including phenoxy) is 1. The number of aromatic nitrogens is 1. The summed E-state index contributed by atoms with van der Waals surface area (Å²) in [6, 6.07) is 0.114. The van der Waals surface area contributed by atoms with E-state index in [0.29, 0.717) is 5.92 Å². The lowest BCUT2D eigenvalue weighted by Crippen LogP contribution is -2.42. The lowest BCUT2D eigenvalue weighted by molar-refractivity contribution is -0.0765. The highest BCUT2D eigenvalue weighted by molar-refractivity contribution is 7.09. The third-order valence-electron chi connectivity index (χ3n) is 3.77. The molecule has 4 heteroatoms. The Morgan fingerprint density at radius 3 is 2.61 bits per heavy atom. The Hall–Kier alpha value is -0.450. The van der Waals surface area contributed by atoms with E-state index in [1.54, 1.807) is 11.3 Å². The molecule has 0 aromatic carbocycles. The second-order valence-electron chi connectivity index (χ2n) is 6.50. The van der Waals surface area contributed by atoms with E-state index in [0.717, 1.165) is 23.5 Å². The third-order valence-corrected chi connectivity index (χ3v) is 4.59. The maximum absolute atomic E-state index is 6.40. The molecule has 18 heavy (non-hydrogen) atoms. The Kier molecular flexibility index (Phi) is 3.56. The smallest absolute Gasteiger partial charge is 0.0897 e. The van der Waals surface area contributed by atoms with Gasteiger partial charge in [-0.15, -0.1) is 11.3 Å². The predicted octanol–water partition coefficient (Wildman–Crippen LogP) is 2.92. The molecule has 0 bridgehead atoms. The molecule has 1 saturated heterocycles. The first-order chi connectivity index (χ1) is 8.20. The van der Waals surface area contributed by atoms with Gasteiger partial charge in [-0.3, -0.25) is 0 Å². The summed E-state index contributed by atoms with van der Waals surface area (Å²) in [5, 5.41) is 3.22. The van der Waals surface area contributed by atoms with E-state index >= 15 is 0 Å². The van der Waals surface area contributed by atoms with E-state index in [1.165, 1.54) is 0 Å². The zero-order valence-corrected chi connectivity index (χ0v) is 12.8. The SMILES string of the molecule is Cc1nc(CC(N)C2CC(C)(C)OC2(C)C)cs1. The largest absolute Gasteiger partial charge is 0.369 e. The molecule has 102 valence electrons. The first-order valence-electron chi connectivity index (χ1n) is 6.56. The van der Waals surface area contributed by atoms with E-state index in [-0.39, 0.29) is 17.2 Å². The molecule has 1 aliphatic rings. The Morgan fingerprint density at radius 2 is 2.17 bits per heavy atom. The second-order valence-corrected chi connectivity index (χ2v) is 7.56. The van der Waals surface area contributed by atoms with Crippen LogP contribution in [-0.2, 0) is 11.2 Å². The van der Waals surface area contributed by atoms with Crippen LogP contribution >= 0.6 is 11.3 Å². The lowest BCUT2D eigenvalue weighted by atomic mass is 9.80. The summed E-state index contributed by atoms with van der Waals surface area (Å²) in [7, 11) is 0. The summed E-state index contributed by atoms with van der Waals surface area (Å²) in [5.74, 6) is 0.384. The topological polar surface area (TPSA) is 48.1 Å². The van der Waals surface area contributed by atoms with E-state index in [2.05, 4.69) is 38.1 Å². The zero-order valence-electron chi connectivity index (χ0n) is 12.0. The van der Waals surface area contributed by atoms with E-state index in [4.69, 9.17) is 10.5 Å². The molecule has 2 N–H and O–H groups in total. The van der Waals surface area contributed by atoms with Crippen LogP contribution in [0, 0.1) is 12.8 Å². The fraction of sp³-hybridized carbons (Fsp3) is 0.786. The van der Waals surface area contributed by atoms with Gasteiger partial charge in [0.2, 0.25) is 0 Å². The zero-order chi connectivity index (χ0) is 13.6. The van der Waals surface area contributed by atoms with Crippen molar-refractivity contribution >= 4 is 11.3 Å². The van der Waals surface area contributed by atoms with Crippen molar-refractivity contribution in [1.29, 1.82) is 0 Å².